The van der Waals surface area contributed by atoms with Crippen molar-refractivity contribution in [2.45, 2.75) is 62.7 Å². The monoisotopic (exact) mass is 363 g/mol. The minimum atomic E-state index is -1.17. The molecule has 3 heterocycles. The molecule has 1 aliphatic heterocycles. The van der Waals surface area contributed by atoms with Gasteiger partial charge < -0.3 is 25.0 Å². The third-order valence-electron chi connectivity index (χ3n) is 5.59. The molecule has 1 aliphatic carbocycles. The maximum Gasteiger partial charge on any atom is 0.167 e. The van der Waals surface area contributed by atoms with Crippen LogP contribution in [0.1, 0.15) is 38.3 Å². The van der Waals surface area contributed by atoms with E-state index in [-0.39, 0.29) is 6.61 Å². The Balaban J connectivity index is 1.67. The van der Waals surface area contributed by atoms with Gasteiger partial charge in [0.25, 0.3) is 0 Å². The fourth-order valence-corrected chi connectivity index (χ4v) is 4.04. The summed E-state index contributed by atoms with van der Waals surface area (Å²) >= 11 is 0. The fourth-order valence-electron chi connectivity index (χ4n) is 4.04. The number of hydrogen-bond acceptors (Lipinski definition) is 8. The van der Waals surface area contributed by atoms with Crippen molar-refractivity contribution in [3.05, 3.63) is 12.7 Å². The number of imidazole rings is 1. The third-order valence-corrected chi connectivity index (χ3v) is 5.59. The molecule has 0 spiro atoms. The molecule has 0 amide bonds. The van der Waals surface area contributed by atoms with Crippen LogP contribution < -0.4 is 4.90 Å². The molecule has 2 aromatic heterocycles. The summed E-state index contributed by atoms with van der Waals surface area (Å²) in [6.07, 6.45) is 5.01. The number of aliphatic hydroxyl groups is 3. The van der Waals surface area contributed by atoms with Crippen molar-refractivity contribution in [2.75, 3.05) is 18.6 Å². The quantitative estimate of drug-likeness (QED) is 0.706. The summed E-state index contributed by atoms with van der Waals surface area (Å²) in [7, 11) is 2.03. The second-order valence-corrected chi connectivity index (χ2v) is 7.15. The standard InChI is InChI=1S/C17H25N5O4/c1-21(10-5-3-2-4-6-10)15-12-16(19-8-18-15)22(9-20-12)17-14(25)13(24)11(7-23)26-17/h8-11,13-14,17,23-25H,2-7H2,1H3/t11-,13-,14-,17-/m1/s1. The first-order valence-corrected chi connectivity index (χ1v) is 9.14. The number of fused-ring (bicyclic) bond motifs is 1. The SMILES string of the molecule is CN(c1ncnc2c1ncn2[C@@H]1O[C@H](CO)[C@@H](O)[C@H]1O)C1CCCCC1. The van der Waals surface area contributed by atoms with Crippen LogP contribution in [0.2, 0.25) is 0 Å². The Bertz CT molecular complexity index is 763. The molecule has 2 fully saturated rings. The van der Waals surface area contributed by atoms with Crippen molar-refractivity contribution in [3.8, 4) is 0 Å². The van der Waals surface area contributed by atoms with Gasteiger partial charge in [0.1, 0.15) is 24.6 Å². The van der Waals surface area contributed by atoms with Crippen LogP contribution in [-0.4, -0.2) is 72.8 Å². The van der Waals surface area contributed by atoms with Gasteiger partial charge in [0, 0.05) is 13.1 Å². The molecule has 0 aromatic carbocycles. The van der Waals surface area contributed by atoms with Crippen molar-refractivity contribution in [1.29, 1.82) is 0 Å². The normalized spacial score (nSPS) is 30.2. The van der Waals surface area contributed by atoms with Gasteiger partial charge in [-0.05, 0) is 12.8 Å². The molecule has 142 valence electrons. The molecule has 4 rings (SSSR count). The fraction of sp³-hybridized carbons (Fsp3) is 0.706. The lowest BCUT2D eigenvalue weighted by Crippen LogP contribution is -2.34. The van der Waals surface area contributed by atoms with Crippen molar-refractivity contribution >= 4 is 17.0 Å². The van der Waals surface area contributed by atoms with Crippen molar-refractivity contribution < 1.29 is 20.1 Å². The van der Waals surface area contributed by atoms with Gasteiger partial charge in [0.2, 0.25) is 0 Å². The Hall–Kier alpha value is -1.81. The smallest absolute Gasteiger partial charge is 0.167 e. The van der Waals surface area contributed by atoms with Crippen LogP contribution in [0.3, 0.4) is 0 Å². The Morgan fingerprint density at radius 1 is 1.15 bits per heavy atom. The Morgan fingerprint density at radius 2 is 1.92 bits per heavy atom. The van der Waals surface area contributed by atoms with Gasteiger partial charge in [-0.15, -0.1) is 0 Å². The van der Waals surface area contributed by atoms with Gasteiger partial charge in [0.15, 0.2) is 23.2 Å². The molecule has 0 unspecified atom stereocenters. The molecule has 2 aliphatic rings. The van der Waals surface area contributed by atoms with E-state index in [2.05, 4.69) is 19.9 Å². The second-order valence-electron chi connectivity index (χ2n) is 7.15. The molecule has 2 aromatic rings. The molecule has 0 bridgehead atoms. The number of rotatable bonds is 4. The number of hydrogen-bond donors (Lipinski definition) is 3. The van der Waals surface area contributed by atoms with Crippen LogP contribution >= 0.6 is 0 Å². The van der Waals surface area contributed by atoms with Crippen LogP contribution in [0.25, 0.3) is 11.2 Å². The Kier molecular flexibility index (Phi) is 4.78. The lowest BCUT2D eigenvalue weighted by Gasteiger charge is -2.32. The highest BCUT2D eigenvalue weighted by atomic mass is 16.6. The maximum atomic E-state index is 10.3. The van der Waals surface area contributed by atoms with Gasteiger partial charge in [-0.25, -0.2) is 15.0 Å². The second kappa shape index (κ2) is 7.07. The molecule has 3 N–H and O–H groups in total. The molecule has 0 radical (unpaired) electrons. The lowest BCUT2D eigenvalue weighted by molar-refractivity contribution is -0.0511. The number of aliphatic hydroxyl groups excluding tert-OH is 3. The average molecular weight is 363 g/mol. The predicted octanol–water partition coefficient (Wildman–Crippen LogP) is 0.207. The summed E-state index contributed by atoms with van der Waals surface area (Å²) in [6, 6.07) is 0.431. The first kappa shape index (κ1) is 17.6. The van der Waals surface area contributed by atoms with E-state index in [0.717, 1.165) is 18.7 Å². The zero-order valence-electron chi connectivity index (χ0n) is 14.8. The van der Waals surface area contributed by atoms with E-state index in [4.69, 9.17) is 4.74 Å². The van der Waals surface area contributed by atoms with Gasteiger partial charge in [-0.3, -0.25) is 4.57 Å². The van der Waals surface area contributed by atoms with Crippen LogP contribution in [-0.2, 0) is 4.74 Å². The molecule has 1 saturated heterocycles. The van der Waals surface area contributed by atoms with Crippen molar-refractivity contribution in [2.24, 2.45) is 0 Å². The zero-order valence-corrected chi connectivity index (χ0v) is 14.8. The molecule has 9 heteroatoms. The molecule has 26 heavy (non-hydrogen) atoms. The summed E-state index contributed by atoms with van der Waals surface area (Å²) in [6.45, 7) is -0.369. The summed E-state index contributed by atoms with van der Waals surface area (Å²) in [5, 5.41) is 29.6. The largest absolute Gasteiger partial charge is 0.394 e. The zero-order chi connectivity index (χ0) is 18.3. The van der Waals surface area contributed by atoms with Gasteiger partial charge in [-0.2, -0.15) is 0 Å². The third kappa shape index (κ3) is 2.84. The van der Waals surface area contributed by atoms with Crippen LogP contribution in [0.5, 0.6) is 0 Å². The average Bonchev–Trinajstić information content (AvgIpc) is 3.23. The van der Waals surface area contributed by atoms with E-state index in [9.17, 15) is 15.3 Å². The molecular formula is C17H25N5O4. The van der Waals surface area contributed by atoms with E-state index in [1.165, 1.54) is 31.9 Å². The molecule has 9 nitrogen and oxygen atoms in total. The van der Waals surface area contributed by atoms with Crippen LogP contribution in [0.4, 0.5) is 5.82 Å². The topological polar surface area (TPSA) is 117 Å². The first-order chi connectivity index (χ1) is 12.6. The number of anilines is 1. The number of ether oxygens (including phenoxy) is 1. The maximum absolute atomic E-state index is 10.3. The number of aromatic nitrogens is 4. The number of nitrogens with zero attached hydrogens (tertiary/aromatic N) is 5. The first-order valence-electron chi connectivity index (χ1n) is 9.14. The molecule has 4 atom stereocenters. The Morgan fingerprint density at radius 3 is 2.62 bits per heavy atom. The summed E-state index contributed by atoms with van der Waals surface area (Å²) in [4.78, 5) is 15.4. The van der Waals surface area contributed by atoms with Gasteiger partial charge in [0.05, 0.1) is 12.9 Å². The highest BCUT2D eigenvalue weighted by molar-refractivity contribution is 5.83. The van der Waals surface area contributed by atoms with Crippen molar-refractivity contribution in [3.63, 3.8) is 0 Å². The van der Waals surface area contributed by atoms with E-state index < -0.39 is 24.5 Å². The van der Waals surface area contributed by atoms with Crippen molar-refractivity contribution in [1.82, 2.24) is 19.5 Å². The van der Waals surface area contributed by atoms with Gasteiger partial charge in [-0.1, -0.05) is 19.3 Å². The predicted molar refractivity (Wildman–Crippen MR) is 93.6 cm³/mol. The van der Waals surface area contributed by atoms with E-state index >= 15 is 0 Å². The van der Waals surface area contributed by atoms with Gasteiger partial charge >= 0.3 is 0 Å². The van der Waals surface area contributed by atoms with Crippen LogP contribution in [0.15, 0.2) is 12.7 Å². The van der Waals surface area contributed by atoms with E-state index in [1.807, 2.05) is 7.05 Å². The van der Waals surface area contributed by atoms with Crippen LogP contribution in [0, 0.1) is 0 Å². The molecular weight excluding hydrogens is 338 g/mol. The summed E-state index contributed by atoms with van der Waals surface area (Å²) in [5.41, 5.74) is 1.17. The minimum absolute atomic E-state index is 0.369. The summed E-state index contributed by atoms with van der Waals surface area (Å²) in [5.74, 6) is 0.757. The minimum Gasteiger partial charge on any atom is -0.394 e. The Labute approximate surface area is 151 Å². The van der Waals surface area contributed by atoms with E-state index in [0.29, 0.717) is 17.2 Å². The summed E-state index contributed by atoms with van der Waals surface area (Å²) < 4.78 is 7.20. The highest BCUT2D eigenvalue weighted by Crippen LogP contribution is 2.33. The lowest BCUT2D eigenvalue weighted by atomic mass is 9.94. The van der Waals surface area contributed by atoms with E-state index in [1.54, 1.807) is 4.57 Å². The molecule has 1 saturated carbocycles. The highest BCUT2D eigenvalue weighted by Gasteiger charge is 2.44.